The molecule has 3 N–H and O–H groups in total. The van der Waals surface area contributed by atoms with E-state index in [2.05, 4.69) is 5.32 Å². The van der Waals surface area contributed by atoms with Crippen LogP contribution in [0.15, 0.2) is 17.0 Å². The summed E-state index contributed by atoms with van der Waals surface area (Å²) in [5.74, 6) is -0.796. The fraction of sp³-hybridized carbons (Fsp3) is 0.0909. The van der Waals surface area contributed by atoms with Gasteiger partial charge in [-0.05, 0) is 23.8 Å². The first kappa shape index (κ1) is 12.7. The first-order chi connectivity index (χ1) is 8.51. The predicted octanol–water partition coefficient (Wildman–Crippen LogP) is 1.60. The summed E-state index contributed by atoms with van der Waals surface area (Å²) in [7, 11) is 1.37. The van der Waals surface area contributed by atoms with Gasteiger partial charge in [-0.3, -0.25) is 4.79 Å². The van der Waals surface area contributed by atoms with Crippen molar-refractivity contribution in [1.82, 2.24) is 5.32 Å². The van der Waals surface area contributed by atoms with Gasteiger partial charge in [0, 0.05) is 0 Å². The third kappa shape index (κ3) is 2.41. The number of carbonyl (C=O) groups is 1. The van der Waals surface area contributed by atoms with Crippen molar-refractivity contribution < 1.29 is 19.7 Å². The van der Waals surface area contributed by atoms with Crippen LogP contribution in [0.5, 0.6) is 17.2 Å². The van der Waals surface area contributed by atoms with Crippen molar-refractivity contribution in [2.45, 2.75) is 0 Å². The largest absolute Gasteiger partial charge is 0.504 e. The van der Waals surface area contributed by atoms with Crippen molar-refractivity contribution in [3.05, 3.63) is 22.6 Å². The molecule has 1 aliphatic rings. The highest BCUT2D eigenvalue weighted by Gasteiger charge is 2.22. The zero-order chi connectivity index (χ0) is 13.3. The molecule has 1 heterocycles. The Hall–Kier alpha value is -1.73. The van der Waals surface area contributed by atoms with E-state index in [-0.39, 0.29) is 23.2 Å². The molecule has 2 rings (SSSR count). The molecule has 0 saturated carbocycles. The number of phenolic OH excluding ortho intramolecular Hbond substituents is 2. The molecular formula is C11H9NO4S2. The number of methoxy groups -OCH3 is 1. The zero-order valence-electron chi connectivity index (χ0n) is 9.26. The fourth-order valence-corrected chi connectivity index (χ4v) is 2.47. The summed E-state index contributed by atoms with van der Waals surface area (Å²) < 4.78 is 5.30. The van der Waals surface area contributed by atoms with Gasteiger partial charge in [-0.15, -0.1) is 0 Å². The van der Waals surface area contributed by atoms with Crippen LogP contribution in [0, 0.1) is 0 Å². The maximum absolute atomic E-state index is 11.5. The fourth-order valence-electron chi connectivity index (χ4n) is 1.43. The predicted molar refractivity (Wildman–Crippen MR) is 72.6 cm³/mol. The molecule has 1 aromatic carbocycles. The Kier molecular flexibility index (Phi) is 3.44. The summed E-state index contributed by atoms with van der Waals surface area (Å²) in [4.78, 5) is 11.9. The summed E-state index contributed by atoms with van der Waals surface area (Å²) in [5.41, 5.74) is 0.532. The van der Waals surface area contributed by atoms with Crippen LogP contribution in [-0.2, 0) is 4.79 Å². The highest BCUT2D eigenvalue weighted by Crippen LogP contribution is 2.37. The molecule has 0 aromatic heterocycles. The molecule has 18 heavy (non-hydrogen) atoms. The van der Waals surface area contributed by atoms with Crippen molar-refractivity contribution in [3.8, 4) is 17.2 Å². The second-order valence-corrected chi connectivity index (χ2v) is 5.16. The van der Waals surface area contributed by atoms with Gasteiger partial charge in [-0.25, -0.2) is 0 Å². The van der Waals surface area contributed by atoms with E-state index in [9.17, 15) is 15.0 Å². The molecule has 1 aliphatic heterocycles. The number of amides is 1. The maximum Gasteiger partial charge on any atom is 0.263 e. The lowest BCUT2D eigenvalue weighted by molar-refractivity contribution is -0.115. The topological polar surface area (TPSA) is 78.8 Å². The third-order valence-electron chi connectivity index (χ3n) is 2.24. The molecule has 0 aliphatic carbocycles. The number of hydrogen-bond acceptors (Lipinski definition) is 6. The van der Waals surface area contributed by atoms with Gasteiger partial charge in [-0.2, -0.15) is 0 Å². The first-order valence-corrected chi connectivity index (χ1v) is 6.08. The van der Waals surface area contributed by atoms with E-state index in [1.165, 1.54) is 19.2 Å². The number of phenols is 2. The van der Waals surface area contributed by atoms with E-state index in [1.807, 2.05) is 0 Å². The van der Waals surface area contributed by atoms with Crippen LogP contribution in [0.4, 0.5) is 0 Å². The van der Waals surface area contributed by atoms with Gasteiger partial charge >= 0.3 is 0 Å². The maximum atomic E-state index is 11.5. The molecule has 1 fully saturated rings. The van der Waals surface area contributed by atoms with Gasteiger partial charge in [0.25, 0.3) is 5.91 Å². The summed E-state index contributed by atoms with van der Waals surface area (Å²) in [6.45, 7) is 0. The number of thiocarbonyl (C=S) groups is 1. The molecule has 0 unspecified atom stereocenters. The zero-order valence-corrected chi connectivity index (χ0v) is 10.9. The quantitative estimate of drug-likeness (QED) is 0.434. The average Bonchev–Trinajstić information content (AvgIpc) is 2.62. The van der Waals surface area contributed by atoms with Crippen LogP contribution in [0.25, 0.3) is 6.08 Å². The van der Waals surface area contributed by atoms with Crippen LogP contribution in [0.2, 0.25) is 0 Å². The normalized spacial score (nSPS) is 17.1. The van der Waals surface area contributed by atoms with Crippen molar-refractivity contribution >= 4 is 40.3 Å². The third-order valence-corrected chi connectivity index (χ3v) is 3.40. The Balaban J connectivity index is 2.41. The summed E-state index contributed by atoms with van der Waals surface area (Å²) in [6.07, 6.45) is 1.56. The Morgan fingerprint density at radius 2 is 2.17 bits per heavy atom. The van der Waals surface area contributed by atoms with E-state index in [1.54, 1.807) is 6.08 Å². The molecule has 1 aromatic rings. The van der Waals surface area contributed by atoms with Crippen LogP contribution in [-0.4, -0.2) is 27.6 Å². The SMILES string of the molecule is COc1cc(C=C2SC(=S)NC2=O)cc(O)c1O. The molecule has 1 amide bonds. The number of carbonyl (C=O) groups excluding carboxylic acids is 1. The van der Waals surface area contributed by atoms with Gasteiger partial charge < -0.3 is 20.3 Å². The lowest BCUT2D eigenvalue weighted by Gasteiger charge is -2.06. The van der Waals surface area contributed by atoms with Crippen LogP contribution in [0.3, 0.4) is 0 Å². The number of aromatic hydroxyl groups is 2. The average molecular weight is 283 g/mol. The second kappa shape index (κ2) is 4.87. The second-order valence-electron chi connectivity index (χ2n) is 3.44. The standard InChI is InChI=1S/C11H9NO4S2/c1-16-7-3-5(2-6(13)9(7)14)4-8-10(15)12-11(17)18-8/h2-4,13-14H,1H3,(H,12,15,17). The Bertz CT molecular complexity index is 568. The van der Waals surface area contributed by atoms with Crippen LogP contribution >= 0.6 is 24.0 Å². The first-order valence-electron chi connectivity index (χ1n) is 4.86. The molecule has 5 nitrogen and oxygen atoms in total. The lowest BCUT2D eigenvalue weighted by atomic mass is 10.1. The van der Waals surface area contributed by atoms with E-state index >= 15 is 0 Å². The number of benzene rings is 1. The number of rotatable bonds is 2. The van der Waals surface area contributed by atoms with Gasteiger partial charge in [-0.1, -0.05) is 24.0 Å². The number of thioether (sulfide) groups is 1. The Morgan fingerprint density at radius 3 is 2.72 bits per heavy atom. The highest BCUT2D eigenvalue weighted by atomic mass is 32.2. The summed E-state index contributed by atoms with van der Waals surface area (Å²) in [6, 6.07) is 2.84. The van der Waals surface area contributed by atoms with Crippen molar-refractivity contribution in [1.29, 1.82) is 0 Å². The molecule has 0 bridgehead atoms. The van der Waals surface area contributed by atoms with Crippen molar-refractivity contribution in [3.63, 3.8) is 0 Å². The van der Waals surface area contributed by atoms with Gasteiger partial charge in [0.2, 0.25) is 5.75 Å². The van der Waals surface area contributed by atoms with Crippen LogP contribution < -0.4 is 10.1 Å². The molecule has 0 spiro atoms. The number of nitrogens with one attached hydrogen (secondary N) is 1. The molecule has 94 valence electrons. The summed E-state index contributed by atoms with van der Waals surface area (Å²) in [5, 5.41) is 21.5. The minimum absolute atomic E-state index is 0.132. The highest BCUT2D eigenvalue weighted by molar-refractivity contribution is 8.26. The van der Waals surface area contributed by atoms with Gasteiger partial charge in [0.05, 0.1) is 12.0 Å². The number of hydrogen-bond donors (Lipinski definition) is 3. The molecule has 1 saturated heterocycles. The molecular weight excluding hydrogens is 274 g/mol. The van der Waals surface area contributed by atoms with Crippen molar-refractivity contribution in [2.24, 2.45) is 0 Å². The minimum Gasteiger partial charge on any atom is -0.504 e. The van der Waals surface area contributed by atoms with Crippen LogP contribution in [0.1, 0.15) is 5.56 Å². The smallest absolute Gasteiger partial charge is 0.263 e. The minimum atomic E-state index is -0.335. The molecule has 0 radical (unpaired) electrons. The van der Waals surface area contributed by atoms with E-state index < -0.39 is 0 Å². The Labute approximate surface area is 112 Å². The van der Waals surface area contributed by atoms with Crippen molar-refractivity contribution in [2.75, 3.05) is 7.11 Å². The molecule has 7 heteroatoms. The van der Waals surface area contributed by atoms with Gasteiger partial charge in [0.1, 0.15) is 4.32 Å². The van der Waals surface area contributed by atoms with E-state index in [4.69, 9.17) is 17.0 Å². The lowest BCUT2D eigenvalue weighted by Crippen LogP contribution is -2.17. The van der Waals surface area contributed by atoms with E-state index in [0.29, 0.717) is 14.8 Å². The monoisotopic (exact) mass is 283 g/mol. The van der Waals surface area contributed by atoms with Gasteiger partial charge in [0.15, 0.2) is 11.5 Å². The summed E-state index contributed by atoms with van der Waals surface area (Å²) >= 11 is 6.00. The molecule has 0 atom stereocenters. The number of ether oxygens (including phenoxy) is 1. The Morgan fingerprint density at radius 1 is 1.44 bits per heavy atom. The van der Waals surface area contributed by atoms with E-state index in [0.717, 1.165) is 11.8 Å².